The molecule has 21 heavy (non-hydrogen) atoms. The number of likely N-dealkylation sites (N-methyl/N-ethyl adjacent to an activating group) is 1. The second-order valence-electron chi connectivity index (χ2n) is 4.77. The number of rotatable bonds is 6. The molecule has 116 valence electrons. The molecule has 0 aliphatic carbocycles. The molecule has 2 heterocycles. The van der Waals surface area contributed by atoms with Gasteiger partial charge in [-0.05, 0) is 33.2 Å². The van der Waals surface area contributed by atoms with Gasteiger partial charge in [0.15, 0.2) is 4.21 Å². The van der Waals surface area contributed by atoms with Gasteiger partial charge in [-0.1, -0.05) is 11.3 Å². The van der Waals surface area contributed by atoms with Crippen LogP contribution in [0.5, 0.6) is 0 Å². The SMILES string of the molecule is Cc1[nH]c(=O)sc1S(=O)(=O)NCC(c1ccco1)N(C)C. The Kier molecular flexibility index (Phi) is 4.67. The predicted octanol–water partition coefficient (Wildman–Crippen LogP) is 0.919. The van der Waals surface area contributed by atoms with Crippen molar-refractivity contribution >= 4 is 21.4 Å². The number of hydrogen-bond acceptors (Lipinski definition) is 6. The fraction of sp³-hybridized carbons (Fsp3) is 0.417. The minimum atomic E-state index is -3.72. The lowest BCUT2D eigenvalue weighted by molar-refractivity contribution is 0.259. The molecule has 2 aromatic rings. The standard InChI is InChI=1S/C12H17N3O4S2/c1-8-11(20-12(16)14-8)21(17,18)13-7-9(15(2)3)10-5-4-6-19-10/h4-6,9,13H,7H2,1-3H3,(H,14,16). The molecule has 0 radical (unpaired) electrons. The minimum Gasteiger partial charge on any atom is -0.468 e. The van der Waals surface area contributed by atoms with E-state index >= 15 is 0 Å². The van der Waals surface area contributed by atoms with Crippen molar-refractivity contribution in [3.63, 3.8) is 0 Å². The lowest BCUT2D eigenvalue weighted by Crippen LogP contribution is -2.34. The van der Waals surface area contributed by atoms with Gasteiger partial charge < -0.3 is 9.40 Å². The fourth-order valence-electron chi connectivity index (χ4n) is 1.92. The number of hydrogen-bond donors (Lipinski definition) is 2. The van der Waals surface area contributed by atoms with Gasteiger partial charge in [-0.2, -0.15) is 0 Å². The van der Waals surface area contributed by atoms with Crippen molar-refractivity contribution in [3.8, 4) is 0 Å². The van der Waals surface area contributed by atoms with Crippen LogP contribution < -0.4 is 9.60 Å². The van der Waals surface area contributed by atoms with Crippen molar-refractivity contribution in [2.75, 3.05) is 20.6 Å². The number of aromatic nitrogens is 1. The summed E-state index contributed by atoms with van der Waals surface area (Å²) in [7, 11) is -0.0514. The zero-order chi connectivity index (χ0) is 15.6. The van der Waals surface area contributed by atoms with Gasteiger partial charge in [0.05, 0.1) is 12.3 Å². The van der Waals surface area contributed by atoms with Gasteiger partial charge in [0, 0.05) is 12.2 Å². The van der Waals surface area contributed by atoms with Crippen LogP contribution in [0.4, 0.5) is 0 Å². The molecule has 7 nitrogen and oxygen atoms in total. The second-order valence-corrected chi connectivity index (χ2v) is 7.72. The summed E-state index contributed by atoms with van der Waals surface area (Å²) in [5.41, 5.74) is 0.344. The summed E-state index contributed by atoms with van der Waals surface area (Å²) in [6, 6.07) is 3.31. The highest BCUT2D eigenvalue weighted by Crippen LogP contribution is 2.20. The van der Waals surface area contributed by atoms with E-state index in [4.69, 9.17) is 4.42 Å². The molecule has 2 rings (SSSR count). The molecule has 0 fully saturated rings. The molecule has 9 heteroatoms. The quantitative estimate of drug-likeness (QED) is 0.820. The Morgan fingerprint density at radius 3 is 2.67 bits per heavy atom. The van der Waals surface area contributed by atoms with Gasteiger partial charge in [0.2, 0.25) is 0 Å². The molecule has 0 aliphatic heterocycles. The van der Waals surface area contributed by atoms with Crippen LogP contribution in [0.3, 0.4) is 0 Å². The zero-order valence-electron chi connectivity index (χ0n) is 11.9. The Labute approximate surface area is 126 Å². The molecular weight excluding hydrogens is 314 g/mol. The van der Waals surface area contributed by atoms with Crippen molar-refractivity contribution in [3.05, 3.63) is 39.5 Å². The molecule has 2 N–H and O–H groups in total. The Hall–Kier alpha value is -1.42. The predicted molar refractivity (Wildman–Crippen MR) is 80.0 cm³/mol. The Balaban J connectivity index is 2.17. The number of nitrogens with one attached hydrogen (secondary N) is 2. The van der Waals surface area contributed by atoms with Gasteiger partial charge in [0.1, 0.15) is 5.76 Å². The molecule has 0 saturated heterocycles. The topological polar surface area (TPSA) is 95.4 Å². The van der Waals surface area contributed by atoms with Gasteiger partial charge in [-0.3, -0.25) is 9.69 Å². The molecule has 0 aromatic carbocycles. The molecule has 1 unspecified atom stereocenters. The third kappa shape index (κ3) is 3.62. The van der Waals surface area contributed by atoms with Crippen LogP contribution >= 0.6 is 11.3 Å². The van der Waals surface area contributed by atoms with E-state index in [1.165, 1.54) is 0 Å². The molecule has 0 bridgehead atoms. The highest BCUT2D eigenvalue weighted by molar-refractivity contribution is 7.91. The first kappa shape index (κ1) is 16.0. The van der Waals surface area contributed by atoms with Crippen LogP contribution in [0.15, 0.2) is 31.8 Å². The molecule has 0 aliphatic rings. The molecule has 1 atom stereocenters. The third-order valence-electron chi connectivity index (χ3n) is 2.99. The van der Waals surface area contributed by atoms with Crippen LogP contribution in [0, 0.1) is 6.92 Å². The van der Waals surface area contributed by atoms with E-state index in [2.05, 4.69) is 9.71 Å². The lowest BCUT2D eigenvalue weighted by atomic mass is 10.2. The highest BCUT2D eigenvalue weighted by Gasteiger charge is 2.24. The summed E-state index contributed by atoms with van der Waals surface area (Å²) >= 11 is 0.680. The van der Waals surface area contributed by atoms with E-state index in [1.54, 1.807) is 25.3 Å². The minimum absolute atomic E-state index is 0.0180. The lowest BCUT2D eigenvalue weighted by Gasteiger charge is -2.22. The molecule has 2 aromatic heterocycles. The number of thiazole rings is 1. The van der Waals surface area contributed by atoms with Crippen LogP contribution in [-0.4, -0.2) is 38.9 Å². The monoisotopic (exact) mass is 331 g/mol. The molecule has 0 amide bonds. The maximum atomic E-state index is 12.3. The first-order valence-electron chi connectivity index (χ1n) is 6.20. The maximum absolute atomic E-state index is 12.3. The molecular formula is C12H17N3O4S2. The Morgan fingerprint density at radius 1 is 1.48 bits per heavy atom. The first-order valence-corrected chi connectivity index (χ1v) is 8.50. The second kappa shape index (κ2) is 6.14. The number of sulfonamides is 1. The van der Waals surface area contributed by atoms with Gasteiger partial charge >= 0.3 is 4.87 Å². The summed E-state index contributed by atoms with van der Waals surface area (Å²) < 4.78 is 32.4. The van der Waals surface area contributed by atoms with E-state index in [-0.39, 0.29) is 21.7 Å². The normalized spacial score (nSPS) is 13.7. The fourth-order valence-corrected chi connectivity index (χ4v) is 4.30. The Bertz CT molecular complexity index is 744. The largest absolute Gasteiger partial charge is 0.468 e. The average Bonchev–Trinajstić information content (AvgIpc) is 2.99. The summed E-state index contributed by atoms with van der Waals surface area (Å²) in [5, 5.41) is 0. The number of furan rings is 1. The van der Waals surface area contributed by atoms with Crippen molar-refractivity contribution in [2.45, 2.75) is 17.2 Å². The number of aryl methyl sites for hydroxylation is 1. The van der Waals surface area contributed by atoms with Gasteiger partial charge in [-0.15, -0.1) is 0 Å². The van der Waals surface area contributed by atoms with E-state index < -0.39 is 10.0 Å². The van der Waals surface area contributed by atoms with E-state index in [0.717, 1.165) is 0 Å². The average molecular weight is 331 g/mol. The summed E-state index contributed by atoms with van der Waals surface area (Å²) in [6.07, 6.45) is 1.54. The number of nitrogens with zero attached hydrogens (tertiary/aromatic N) is 1. The van der Waals surface area contributed by atoms with Crippen molar-refractivity contribution < 1.29 is 12.8 Å². The summed E-state index contributed by atoms with van der Waals surface area (Å²) in [6.45, 7) is 1.71. The highest BCUT2D eigenvalue weighted by atomic mass is 32.2. The van der Waals surface area contributed by atoms with E-state index in [0.29, 0.717) is 22.8 Å². The Morgan fingerprint density at radius 2 is 2.19 bits per heavy atom. The third-order valence-corrected chi connectivity index (χ3v) is 6.02. The van der Waals surface area contributed by atoms with Crippen LogP contribution in [0.1, 0.15) is 17.5 Å². The maximum Gasteiger partial charge on any atom is 0.305 e. The van der Waals surface area contributed by atoms with Crippen LogP contribution in [0.25, 0.3) is 0 Å². The number of aromatic amines is 1. The van der Waals surface area contributed by atoms with Crippen molar-refractivity contribution in [1.82, 2.24) is 14.6 Å². The van der Waals surface area contributed by atoms with Gasteiger partial charge in [0.25, 0.3) is 10.0 Å². The van der Waals surface area contributed by atoms with Crippen molar-refractivity contribution in [2.24, 2.45) is 0 Å². The zero-order valence-corrected chi connectivity index (χ0v) is 13.5. The molecule has 0 saturated carbocycles. The molecule has 0 spiro atoms. The van der Waals surface area contributed by atoms with Crippen molar-refractivity contribution in [1.29, 1.82) is 0 Å². The first-order chi connectivity index (χ1) is 9.81. The summed E-state index contributed by atoms with van der Waals surface area (Å²) in [5.74, 6) is 0.668. The van der Waals surface area contributed by atoms with Crippen LogP contribution in [-0.2, 0) is 10.0 Å². The smallest absolute Gasteiger partial charge is 0.305 e. The van der Waals surface area contributed by atoms with Gasteiger partial charge in [-0.25, -0.2) is 13.1 Å². The van der Waals surface area contributed by atoms with E-state index in [9.17, 15) is 13.2 Å². The van der Waals surface area contributed by atoms with E-state index in [1.807, 2.05) is 19.0 Å². The summed E-state index contributed by atoms with van der Waals surface area (Å²) in [4.78, 5) is 15.2. The van der Waals surface area contributed by atoms with Crippen LogP contribution in [0.2, 0.25) is 0 Å². The number of H-pyrrole nitrogens is 1.